The van der Waals surface area contributed by atoms with Gasteiger partial charge in [-0.2, -0.15) is 0 Å². The Morgan fingerprint density at radius 3 is 2.82 bits per heavy atom. The van der Waals surface area contributed by atoms with Crippen LogP contribution in [0.5, 0.6) is 5.75 Å². The molecule has 10 nitrogen and oxygen atoms in total. The lowest BCUT2D eigenvalue weighted by Crippen LogP contribution is -2.41. The lowest BCUT2D eigenvalue weighted by Gasteiger charge is -2.37. The van der Waals surface area contributed by atoms with E-state index in [2.05, 4.69) is 55.5 Å². The van der Waals surface area contributed by atoms with E-state index < -0.39 is 5.82 Å². The molecule has 51 heavy (non-hydrogen) atoms. The van der Waals surface area contributed by atoms with Crippen LogP contribution in [0.4, 0.5) is 26.3 Å². The molecule has 2 N–H and O–H groups in total. The molecule has 6 heterocycles. The standard InChI is InChI=1S/C38H39FN8O2S2/c1-25-28-9-5-17-47(35(28)45-44-34(25)43-36-42-30-10-2-3-11-32(30)51-36)37-40-23-27(50-37)8-6-20-49-31-13-12-26(21-29(31)39)7-4-16-46-18-14-38(15-19-46)22-33(48)41-24-38/h2-3,10-13,21,23H,5-6,8-9,14-20,22,24H2,1H3,(H,41,48)(H,42,43,44). The Hall–Kier alpha value is -4.64. The molecule has 2 saturated heterocycles. The molecule has 1 amide bonds. The summed E-state index contributed by atoms with van der Waals surface area (Å²) in [5.74, 6) is 7.89. The van der Waals surface area contributed by atoms with E-state index in [4.69, 9.17) is 14.7 Å². The molecular weight excluding hydrogens is 684 g/mol. The van der Waals surface area contributed by atoms with Gasteiger partial charge in [-0.05, 0) is 94.3 Å². The number of aryl methyl sites for hydroxylation is 1. The first kappa shape index (κ1) is 33.5. The number of thiazole rings is 2. The van der Waals surface area contributed by atoms with Crippen LogP contribution >= 0.6 is 22.7 Å². The molecule has 262 valence electrons. The van der Waals surface area contributed by atoms with Crippen molar-refractivity contribution in [2.24, 2.45) is 5.41 Å². The number of fused-ring (bicyclic) bond motifs is 2. The second-order valence-electron chi connectivity index (χ2n) is 13.6. The molecule has 0 aliphatic carbocycles. The molecule has 3 aliphatic heterocycles. The Kier molecular flexibility index (Phi) is 9.55. The van der Waals surface area contributed by atoms with Crippen LogP contribution in [0.2, 0.25) is 0 Å². The highest BCUT2D eigenvalue weighted by Gasteiger charge is 2.40. The molecule has 0 unspecified atom stereocenters. The molecule has 3 aromatic heterocycles. The Morgan fingerprint density at radius 1 is 1.12 bits per heavy atom. The summed E-state index contributed by atoms with van der Waals surface area (Å²) in [7, 11) is 0. The topological polar surface area (TPSA) is 108 Å². The van der Waals surface area contributed by atoms with E-state index in [0.29, 0.717) is 25.1 Å². The Labute approximate surface area is 304 Å². The van der Waals surface area contributed by atoms with Crippen LogP contribution in [0, 0.1) is 30.0 Å². The van der Waals surface area contributed by atoms with Crippen LogP contribution in [0.1, 0.15) is 53.7 Å². The van der Waals surface area contributed by atoms with E-state index >= 15 is 0 Å². The number of para-hydroxylation sites is 1. The van der Waals surface area contributed by atoms with E-state index in [-0.39, 0.29) is 17.1 Å². The second-order valence-corrected chi connectivity index (χ2v) is 15.7. The van der Waals surface area contributed by atoms with Crippen molar-refractivity contribution >= 4 is 60.7 Å². The maximum atomic E-state index is 14.9. The number of hydrogen-bond acceptors (Lipinski definition) is 11. The van der Waals surface area contributed by atoms with E-state index in [1.165, 1.54) is 11.6 Å². The lowest BCUT2D eigenvalue weighted by molar-refractivity contribution is -0.119. The van der Waals surface area contributed by atoms with Crippen molar-refractivity contribution in [2.45, 2.75) is 51.9 Å². The van der Waals surface area contributed by atoms with Crippen LogP contribution in [0.15, 0.2) is 48.7 Å². The minimum absolute atomic E-state index is 0.127. The molecular formula is C38H39FN8O2S2. The highest BCUT2D eigenvalue weighted by Crippen LogP contribution is 2.39. The number of halogens is 1. The number of amides is 1. The minimum Gasteiger partial charge on any atom is -0.491 e. The number of nitrogens with zero attached hydrogens (tertiary/aromatic N) is 6. The number of rotatable bonds is 9. The predicted octanol–water partition coefficient (Wildman–Crippen LogP) is 6.78. The smallest absolute Gasteiger partial charge is 0.220 e. The number of carbonyl (C=O) groups excluding carboxylic acids is 1. The van der Waals surface area contributed by atoms with Gasteiger partial charge in [0, 0.05) is 47.3 Å². The van der Waals surface area contributed by atoms with Crippen molar-refractivity contribution in [2.75, 3.05) is 49.5 Å². The second kappa shape index (κ2) is 14.5. The first-order chi connectivity index (χ1) is 24.9. The van der Waals surface area contributed by atoms with Crippen LogP contribution in [0.25, 0.3) is 10.2 Å². The van der Waals surface area contributed by atoms with Gasteiger partial charge < -0.3 is 20.3 Å². The zero-order valence-electron chi connectivity index (χ0n) is 28.5. The van der Waals surface area contributed by atoms with Gasteiger partial charge in [-0.25, -0.2) is 14.4 Å². The third-order valence-corrected chi connectivity index (χ3v) is 12.1. The van der Waals surface area contributed by atoms with E-state index in [1.807, 2.05) is 30.5 Å². The van der Waals surface area contributed by atoms with Gasteiger partial charge in [0.1, 0.15) is 0 Å². The number of hydrogen-bond donors (Lipinski definition) is 2. The van der Waals surface area contributed by atoms with Crippen molar-refractivity contribution in [3.05, 3.63) is 76.0 Å². The van der Waals surface area contributed by atoms with Crippen molar-refractivity contribution in [3.63, 3.8) is 0 Å². The molecule has 1 spiro atoms. The van der Waals surface area contributed by atoms with Gasteiger partial charge in [0.05, 0.1) is 23.4 Å². The van der Waals surface area contributed by atoms with Crippen LogP contribution < -0.4 is 20.3 Å². The number of piperidine rings is 1. The Morgan fingerprint density at radius 2 is 2.00 bits per heavy atom. The number of aromatic nitrogens is 4. The summed E-state index contributed by atoms with van der Waals surface area (Å²) in [5.41, 5.74) is 3.99. The summed E-state index contributed by atoms with van der Waals surface area (Å²) in [5, 5.41) is 17.3. The first-order valence-electron chi connectivity index (χ1n) is 17.5. The number of carbonyl (C=O) groups is 1. The quantitative estimate of drug-likeness (QED) is 0.126. The van der Waals surface area contributed by atoms with Crippen molar-refractivity contribution in [1.82, 2.24) is 30.4 Å². The third-order valence-electron chi connectivity index (χ3n) is 10.1. The average molecular weight is 723 g/mol. The molecule has 0 saturated carbocycles. The van der Waals surface area contributed by atoms with Crippen molar-refractivity contribution < 1.29 is 13.9 Å². The lowest BCUT2D eigenvalue weighted by atomic mass is 9.78. The summed E-state index contributed by atoms with van der Waals surface area (Å²) < 4.78 is 21.8. The van der Waals surface area contributed by atoms with Gasteiger partial charge >= 0.3 is 0 Å². The number of likely N-dealkylation sites (tertiary alicyclic amines) is 1. The fourth-order valence-electron chi connectivity index (χ4n) is 7.12. The summed E-state index contributed by atoms with van der Waals surface area (Å²) in [6.07, 6.45) is 8.02. The maximum Gasteiger partial charge on any atom is 0.220 e. The van der Waals surface area contributed by atoms with E-state index in [0.717, 1.165) is 107 Å². The van der Waals surface area contributed by atoms with Crippen LogP contribution in [-0.2, 0) is 17.6 Å². The highest BCUT2D eigenvalue weighted by molar-refractivity contribution is 7.22. The fourth-order valence-corrected chi connectivity index (χ4v) is 8.96. The minimum atomic E-state index is -0.404. The summed E-state index contributed by atoms with van der Waals surface area (Å²) in [4.78, 5) is 26.7. The molecule has 0 bridgehead atoms. The van der Waals surface area contributed by atoms with Gasteiger partial charge in [0.2, 0.25) is 5.91 Å². The molecule has 0 atom stereocenters. The van der Waals surface area contributed by atoms with Gasteiger partial charge in [-0.15, -0.1) is 21.5 Å². The van der Waals surface area contributed by atoms with Crippen LogP contribution in [0.3, 0.4) is 0 Å². The Bertz CT molecular complexity index is 2100. The SMILES string of the molecule is Cc1c(Nc2nc3ccccc3s2)nnc2c1CCCN2c1ncc(CCCOc2ccc(C#CCN3CCC4(CC3)CNC(=O)C4)cc2F)s1. The van der Waals surface area contributed by atoms with E-state index in [9.17, 15) is 9.18 Å². The summed E-state index contributed by atoms with van der Waals surface area (Å²) >= 11 is 3.26. The normalized spacial score (nSPS) is 16.9. The highest BCUT2D eigenvalue weighted by atomic mass is 32.1. The molecule has 2 aromatic carbocycles. The van der Waals surface area contributed by atoms with Gasteiger partial charge in [-0.1, -0.05) is 35.3 Å². The zero-order chi connectivity index (χ0) is 34.8. The fraction of sp³-hybridized carbons (Fsp3) is 0.395. The monoisotopic (exact) mass is 722 g/mol. The number of benzene rings is 2. The zero-order valence-corrected chi connectivity index (χ0v) is 30.1. The Balaban J connectivity index is 0.817. The third kappa shape index (κ3) is 7.40. The largest absolute Gasteiger partial charge is 0.491 e. The van der Waals surface area contributed by atoms with E-state index in [1.54, 1.807) is 28.7 Å². The molecule has 0 radical (unpaired) electrons. The van der Waals surface area contributed by atoms with Crippen molar-refractivity contribution in [3.8, 4) is 17.6 Å². The van der Waals surface area contributed by atoms with Crippen LogP contribution in [-0.4, -0.2) is 70.3 Å². The van der Waals surface area contributed by atoms with Crippen molar-refractivity contribution in [1.29, 1.82) is 0 Å². The summed E-state index contributed by atoms with van der Waals surface area (Å²) in [6.45, 7) is 6.62. The molecule has 8 rings (SSSR count). The number of ether oxygens (including phenoxy) is 1. The number of nitrogens with one attached hydrogen (secondary N) is 2. The van der Waals surface area contributed by atoms with Gasteiger partial charge in [-0.3, -0.25) is 9.69 Å². The van der Waals surface area contributed by atoms with Gasteiger partial charge in [0.15, 0.2) is 33.5 Å². The first-order valence-corrected chi connectivity index (χ1v) is 19.2. The predicted molar refractivity (Wildman–Crippen MR) is 200 cm³/mol. The molecule has 13 heteroatoms. The number of anilines is 4. The molecule has 5 aromatic rings. The molecule has 2 fully saturated rings. The summed E-state index contributed by atoms with van der Waals surface area (Å²) in [6, 6.07) is 13.0. The maximum absolute atomic E-state index is 14.9. The van der Waals surface area contributed by atoms with Gasteiger partial charge in [0.25, 0.3) is 0 Å². The molecule has 3 aliphatic rings. The average Bonchev–Trinajstić information content (AvgIpc) is 3.88.